The van der Waals surface area contributed by atoms with Gasteiger partial charge in [0.2, 0.25) is 4.77 Å². The van der Waals surface area contributed by atoms with Crippen molar-refractivity contribution >= 4 is 46.7 Å². The average Bonchev–Trinajstić information content (AvgIpc) is 2.97. The van der Waals surface area contributed by atoms with Gasteiger partial charge in [-0.15, -0.1) is 10.2 Å². The van der Waals surface area contributed by atoms with Crippen molar-refractivity contribution in [2.75, 3.05) is 6.61 Å². The lowest BCUT2D eigenvalue weighted by Crippen LogP contribution is -2.68. The van der Waals surface area contributed by atoms with Crippen molar-refractivity contribution in [2.45, 2.75) is 6.92 Å². The van der Waals surface area contributed by atoms with Gasteiger partial charge in [0.05, 0.1) is 6.61 Å². The van der Waals surface area contributed by atoms with E-state index in [9.17, 15) is 9.59 Å². The van der Waals surface area contributed by atoms with E-state index >= 15 is 0 Å². The third-order valence-electron chi connectivity index (χ3n) is 5.69. The van der Waals surface area contributed by atoms with Crippen LogP contribution in [0.1, 0.15) is 17.3 Å². The van der Waals surface area contributed by atoms with Gasteiger partial charge in [0.15, 0.2) is 13.0 Å². The number of rotatable bonds is 8. The van der Waals surface area contributed by atoms with E-state index in [0.717, 1.165) is 15.9 Å². The highest BCUT2D eigenvalue weighted by molar-refractivity contribution is 8.00. The van der Waals surface area contributed by atoms with Crippen LogP contribution in [0.25, 0.3) is 0 Å². The zero-order valence-corrected chi connectivity index (χ0v) is 24.2. The topological polar surface area (TPSA) is 148 Å². The number of hydrogen-bond acceptors (Lipinski definition) is 7. The highest BCUT2D eigenvalue weighted by Gasteiger charge is 2.52. The van der Waals surface area contributed by atoms with Crippen LogP contribution in [0.5, 0.6) is 0 Å². The van der Waals surface area contributed by atoms with Crippen molar-refractivity contribution in [3.05, 3.63) is 137 Å². The normalized spacial score (nSPS) is 11.9. The molecule has 11 heteroatoms. The molecule has 4 rings (SSSR count). The summed E-state index contributed by atoms with van der Waals surface area (Å²) >= 11 is 7.35. The number of amides is 1. The molecule has 8 nitrogen and oxygen atoms in total. The number of halogens is 2. The number of carbonyl (C=O) groups is 2. The van der Waals surface area contributed by atoms with Crippen molar-refractivity contribution in [1.82, 2.24) is 5.32 Å². The highest BCUT2D eigenvalue weighted by atomic mass is 35.7. The maximum atomic E-state index is 13.3. The standard InChI is InChI=1S/C30H25ClNO3P.ClHO4/c1-2-35-30(34)27(32-29(33)23-15-7-3-8-16-23)28(31)36(24-17-9-4-10-18-24,25-19-11-5-12-20-25)26-21-13-6-14-22-26;2-1(3,4)5/h3-22H,2H2,1H3;(H,2,3,4,5)/b28-27-;. The Hall–Kier alpha value is -3.59. The maximum absolute atomic E-state index is 13.3. The molecule has 0 aliphatic heterocycles. The predicted molar refractivity (Wildman–Crippen MR) is 149 cm³/mol. The lowest BCUT2D eigenvalue weighted by Gasteiger charge is -2.27. The largest absolute Gasteiger partial charge is 0.461 e. The fourth-order valence-electron chi connectivity index (χ4n) is 4.08. The Morgan fingerprint density at radius 3 is 1.39 bits per heavy atom. The molecule has 1 N–H and O–H groups in total. The number of benzene rings is 4. The first-order chi connectivity index (χ1) is 19.6. The van der Waals surface area contributed by atoms with Crippen LogP contribution < -0.4 is 39.9 Å². The smallest absolute Gasteiger partial charge is 0.360 e. The van der Waals surface area contributed by atoms with E-state index in [1.807, 2.05) is 97.1 Å². The van der Waals surface area contributed by atoms with Crippen LogP contribution in [0.2, 0.25) is 0 Å². The minimum Gasteiger partial charge on any atom is -0.461 e. The Bertz CT molecular complexity index is 1350. The molecule has 0 unspecified atom stereocenters. The maximum Gasteiger partial charge on any atom is 0.360 e. The molecule has 0 fully saturated rings. The summed E-state index contributed by atoms with van der Waals surface area (Å²) in [6.45, 7) is 1.86. The van der Waals surface area contributed by atoms with Crippen LogP contribution in [-0.4, -0.2) is 18.5 Å². The van der Waals surface area contributed by atoms with Gasteiger partial charge in [-0.1, -0.05) is 72.8 Å². The number of ether oxygens (including phenoxy) is 1. The van der Waals surface area contributed by atoms with Gasteiger partial charge in [-0.25, -0.2) is 23.4 Å². The van der Waals surface area contributed by atoms with E-state index in [0.29, 0.717) is 5.56 Å². The SMILES string of the molecule is CCOC(=O)/C(NC(=O)c1ccccc1)=C(\Cl)[P+](c1ccccc1)(c1ccccc1)c1ccccc1.[O-][Cl+3]([O-])([O-])[O-]. The molecule has 212 valence electrons. The summed E-state index contributed by atoms with van der Waals surface area (Å²) in [6, 6.07) is 38.3. The molecule has 1 amide bonds. The van der Waals surface area contributed by atoms with Crippen LogP contribution in [0.3, 0.4) is 0 Å². The summed E-state index contributed by atoms with van der Waals surface area (Å²) in [5.74, 6) is -1.12. The van der Waals surface area contributed by atoms with E-state index in [4.69, 9.17) is 35.0 Å². The van der Waals surface area contributed by atoms with Gasteiger partial charge in [0.25, 0.3) is 5.91 Å². The van der Waals surface area contributed by atoms with Gasteiger partial charge in [-0.05, 0) is 67.1 Å². The van der Waals surface area contributed by atoms with Crippen molar-refractivity contribution in [2.24, 2.45) is 0 Å². The summed E-state index contributed by atoms with van der Waals surface area (Å²) in [4.78, 5) is 26.5. The Kier molecular flexibility index (Phi) is 11.6. The van der Waals surface area contributed by atoms with E-state index in [1.54, 1.807) is 31.2 Å². The van der Waals surface area contributed by atoms with Crippen molar-refractivity contribution < 1.29 is 43.2 Å². The number of esters is 1. The van der Waals surface area contributed by atoms with Crippen LogP contribution >= 0.6 is 18.9 Å². The molecule has 0 aliphatic rings. The second kappa shape index (κ2) is 14.9. The second-order valence-electron chi connectivity index (χ2n) is 8.26. The molecule has 0 saturated carbocycles. The summed E-state index contributed by atoms with van der Waals surface area (Å²) in [7, 11) is -7.74. The van der Waals surface area contributed by atoms with E-state index in [1.165, 1.54) is 0 Å². The Labute approximate surface area is 245 Å². The zero-order chi connectivity index (χ0) is 29.9. The Balaban J connectivity index is 0.000000850. The molecule has 0 heterocycles. The molecule has 41 heavy (non-hydrogen) atoms. The first-order valence-corrected chi connectivity index (χ1v) is 15.6. The van der Waals surface area contributed by atoms with E-state index in [-0.39, 0.29) is 17.1 Å². The van der Waals surface area contributed by atoms with Crippen LogP contribution in [0.15, 0.2) is 132 Å². The number of hydrogen-bond donors (Lipinski definition) is 1. The molecule has 0 saturated heterocycles. The molecule has 0 spiro atoms. The van der Waals surface area contributed by atoms with Gasteiger partial charge in [-0.2, -0.15) is 0 Å². The van der Waals surface area contributed by atoms with Crippen molar-refractivity contribution in [3.63, 3.8) is 0 Å². The fourth-order valence-corrected chi connectivity index (χ4v) is 8.99. The third-order valence-corrected chi connectivity index (χ3v) is 10.7. The molecular formula is C30H26Cl2NO7P. The lowest BCUT2D eigenvalue weighted by molar-refractivity contribution is -2.00. The van der Waals surface area contributed by atoms with E-state index < -0.39 is 29.4 Å². The summed E-state index contributed by atoms with van der Waals surface area (Å²) in [5, 5.41) is 5.64. The average molecular weight is 614 g/mol. The van der Waals surface area contributed by atoms with Gasteiger partial charge >= 0.3 is 5.97 Å². The molecule has 4 aromatic rings. The Morgan fingerprint density at radius 2 is 1.05 bits per heavy atom. The second-order valence-corrected chi connectivity index (χ2v) is 13.0. The zero-order valence-electron chi connectivity index (χ0n) is 21.8. The first-order valence-electron chi connectivity index (χ1n) is 12.2. The van der Waals surface area contributed by atoms with Gasteiger partial charge in [-0.3, -0.25) is 4.79 Å². The molecule has 0 atom stereocenters. The Morgan fingerprint density at radius 1 is 0.707 bits per heavy atom. The monoisotopic (exact) mass is 613 g/mol. The first kappa shape index (κ1) is 31.9. The minimum atomic E-state index is -4.94. The van der Waals surface area contributed by atoms with E-state index in [2.05, 4.69) is 5.32 Å². The molecule has 0 bridgehead atoms. The third kappa shape index (κ3) is 8.45. The van der Waals surface area contributed by atoms with Gasteiger partial charge in [0, 0.05) is 5.56 Å². The number of nitrogens with one attached hydrogen (secondary N) is 1. The molecule has 0 radical (unpaired) electrons. The van der Waals surface area contributed by atoms with Crippen molar-refractivity contribution in [1.29, 1.82) is 0 Å². The summed E-state index contributed by atoms with van der Waals surface area (Å²) in [6.07, 6.45) is 0. The van der Waals surface area contributed by atoms with Crippen molar-refractivity contribution in [3.8, 4) is 0 Å². The minimum absolute atomic E-state index is 0.0581. The van der Waals surface area contributed by atoms with Crippen LogP contribution in [-0.2, 0) is 9.53 Å². The quantitative estimate of drug-likeness (QED) is 0.174. The molecule has 0 aromatic heterocycles. The lowest BCUT2D eigenvalue weighted by atomic mass is 10.2. The number of carbonyl (C=O) groups excluding carboxylic acids is 2. The fraction of sp³-hybridized carbons (Fsp3) is 0.0667. The predicted octanol–water partition coefficient (Wildman–Crippen LogP) is 0.625. The highest BCUT2D eigenvalue weighted by Crippen LogP contribution is 2.64. The molecule has 0 aliphatic carbocycles. The van der Waals surface area contributed by atoms with Crippen LogP contribution in [0, 0.1) is 10.2 Å². The van der Waals surface area contributed by atoms with Gasteiger partial charge < -0.3 is 10.1 Å². The molecular weight excluding hydrogens is 588 g/mol. The van der Waals surface area contributed by atoms with Crippen LogP contribution in [0.4, 0.5) is 0 Å². The van der Waals surface area contributed by atoms with Gasteiger partial charge in [0.1, 0.15) is 15.9 Å². The summed E-state index contributed by atoms with van der Waals surface area (Å²) in [5.41, 5.74) is 0.351. The molecule has 4 aromatic carbocycles. The summed E-state index contributed by atoms with van der Waals surface area (Å²) < 4.78 is 39.6.